The van der Waals surface area contributed by atoms with Gasteiger partial charge in [0.05, 0.1) is 15.5 Å². The van der Waals surface area contributed by atoms with E-state index in [0.29, 0.717) is 22.5 Å². The Bertz CT molecular complexity index is 1530. The van der Waals surface area contributed by atoms with E-state index in [1.54, 1.807) is 48.7 Å². The third-order valence-corrected chi connectivity index (χ3v) is 7.41. The molecule has 0 fully saturated rings. The van der Waals surface area contributed by atoms with Crippen molar-refractivity contribution in [3.05, 3.63) is 107 Å². The zero-order valence-corrected chi connectivity index (χ0v) is 22.4. The number of anilines is 1. The summed E-state index contributed by atoms with van der Waals surface area (Å²) < 4.78 is 43.1. The van der Waals surface area contributed by atoms with Crippen LogP contribution in [0.2, 0.25) is 0 Å². The summed E-state index contributed by atoms with van der Waals surface area (Å²) in [6, 6.07) is 26.3. The average molecular weight is 545 g/mol. The highest BCUT2D eigenvalue weighted by Crippen LogP contribution is 2.25. The van der Waals surface area contributed by atoms with Crippen molar-refractivity contribution in [3.63, 3.8) is 0 Å². The molecule has 38 heavy (non-hydrogen) atoms. The lowest BCUT2D eigenvalue weighted by Crippen LogP contribution is -1.95. The molecule has 4 rings (SSSR count). The second kappa shape index (κ2) is 12.7. The fourth-order valence-corrected chi connectivity index (χ4v) is 5.11. The van der Waals surface area contributed by atoms with Gasteiger partial charge in [-0.2, -0.15) is 0 Å². The number of hydrogen-bond donors (Lipinski definition) is 3. The van der Waals surface area contributed by atoms with E-state index >= 15 is 0 Å². The zero-order chi connectivity index (χ0) is 27.1. The Morgan fingerprint density at radius 1 is 0.763 bits per heavy atom. The van der Waals surface area contributed by atoms with Crippen LogP contribution in [0.1, 0.15) is 35.6 Å². The maximum absolute atomic E-state index is 12.0. The molecule has 0 saturated heterocycles. The number of aliphatic imine (C=N–C) groups is 1. The van der Waals surface area contributed by atoms with E-state index < -0.39 is 22.2 Å². The van der Waals surface area contributed by atoms with Crippen LogP contribution < -0.4 is 5.73 Å². The minimum absolute atomic E-state index is 0.161. The molecule has 0 aliphatic heterocycles. The van der Waals surface area contributed by atoms with Gasteiger partial charge in [0.25, 0.3) is 0 Å². The first-order valence-electron chi connectivity index (χ1n) is 12.0. The normalized spacial score (nSPS) is 13.2. The number of hydrogen-bond acceptors (Lipinski definition) is 4. The van der Waals surface area contributed by atoms with Gasteiger partial charge in [-0.25, -0.2) is 8.42 Å². The molecule has 194 valence electrons. The Hall–Kier alpha value is -3.69. The largest absolute Gasteiger partial charge is 0.399 e. The summed E-state index contributed by atoms with van der Waals surface area (Å²) >= 11 is -4.48. The second-order valence-electron chi connectivity index (χ2n) is 8.68. The Morgan fingerprint density at radius 3 is 1.89 bits per heavy atom. The Kier molecular flexibility index (Phi) is 9.15. The molecule has 2 atom stereocenters. The lowest BCUT2D eigenvalue weighted by atomic mass is 10.0. The first-order chi connectivity index (χ1) is 18.3. The van der Waals surface area contributed by atoms with Crippen LogP contribution in [-0.2, 0) is 28.6 Å². The molecule has 0 bridgehead atoms. The van der Waals surface area contributed by atoms with Crippen molar-refractivity contribution in [1.82, 2.24) is 0 Å². The highest BCUT2D eigenvalue weighted by Gasteiger charge is 2.10. The van der Waals surface area contributed by atoms with Crippen LogP contribution in [0.3, 0.4) is 0 Å². The number of nitrogens with two attached hydrogens (primary N) is 1. The number of nitrogens with zero attached hydrogens (tertiary/aromatic N) is 1. The van der Waals surface area contributed by atoms with Crippen LogP contribution in [0.15, 0.2) is 99.7 Å². The number of rotatable bonds is 9. The zero-order valence-electron chi connectivity index (χ0n) is 20.8. The van der Waals surface area contributed by atoms with E-state index in [2.05, 4.69) is 36.2 Å². The highest BCUT2D eigenvalue weighted by atomic mass is 32.2. The molecular formula is C30H28N2O4S2. The van der Waals surface area contributed by atoms with Gasteiger partial charge in [-0.15, -0.1) is 0 Å². The molecule has 0 aliphatic rings. The van der Waals surface area contributed by atoms with Crippen LogP contribution >= 0.6 is 0 Å². The van der Waals surface area contributed by atoms with Gasteiger partial charge in [0.2, 0.25) is 0 Å². The SMILES string of the molecule is CCCc1ccc(-c2ccc(C=Nc3ccc(/C=C/c4ccc(N)cc4S(=O)O)c(S(=O)O)c3)cc2)cc1. The summed E-state index contributed by atoms with van der Waals surface area (Å²) in [7, 11) is 0. The summed E-state index contributed by atoms with van der Waals surface area (Å²) in [6.07, 6.45) is 7.14. The van der Waals surface area contributed by atoms with E-state index in [9.17, 15) is 17.5 Å². The van der Waals surface area contributed by atoms with Gasteiger partial charge in [-0.05, 0) is 64.1 Å². The molecule has 4 aromatic carbocycles. The van der Waals surface area contributed by atoms with E-state index in [1.807, 2.05) is 24.3 Å². The molecule has 6 nitrogen and oxygen atoms in total. The number of benzene rings is 4. The fraction of sp³-hybridized carbons (Fsp3) is 0.100. The molecule has 0 radical (unpaired) electrons. The van der Waals surface area contributed by atoms with Crippen LogP contribution in [0.25, 0.3) is 23.3 Å². The third kappa shape index (κ3) is 6.99. The van der Waals surface area contributed by atoms with E-state index in [1.165, 1.54) is 11.6 Å². The highest BCUT2D eigenvalue weighted by molar-refractivity contribution is 7.79. The average Bonchev–Trinajstić information content (AvgIpc) is 2.92. The van der Waals surface area contributed by atoms with Gasteiger partial charge in [0.15, 0.2) is 22.2 Å². The minimum atomic E-state index is -2.26. The molecular weight excluding hydrogens is 516 g/mol. The minimum Gasteiger partial charge on any atom is -0.399 e. The van der Waals surface area contributed by atoms with Crippen LogP contribution in [0, 0.1) is 0 Å². The van der Waals surface area contributed by atoms with Crippen LogP contribution in [-0.4, -0.2) is 23.7 Å². The van der Waals surface area contributed by atoms with Crippen LogP contribution in [0.5, 0.6) is 0 Å². The fourth-order valence-electron chi connectivity index (χ4n) is 3.97. The monoisotopic (exact) mass is 544 g/mol. The molecule has 0 saturated carbocycles. The third-order valence-electron chi connectivity index (χ3n) is 5.95. The van der Waals surface area contributed by atoms with E-state index in [4.69, 9.17) is 5.73 Å². The summed E-state index contributed by atoms with van der Waals surface area (Å²) in [5.74, 6) is 0. The van der Waals surface area contributed by atoms with Gasteiger partial charge in [-0.3, -0.25) is 4.99 Å². The maximum atomic E-state index is 12.0. The van der Waals surface area contributed by atoms with Crippen molar-refractivity contribution < 1.29 is 17.5 Å². The van der Waals surface area contributed by atoms with Crippen LogP contribution in [0.4, 0.5) is 11.4 Å². The lowest BCUT2D eigenvalue weighted by Gasteiger charge is -2.06. The first-order valence-corrected chi connectivity index (χ1v) is 14.2. The van der Waals surface area contributed by atoms with Crippen molar-refractivity contribution in [2.24, 2.45) is 4.99 Å². The Morgan fingerprint density at radius 2 is 1.32 bits per heavy atom. The lowest BCUT2D eigenvalue weighted by molar-refractivity contribution is 0.562. The van der Waals surface area contributed by atoms with Gasteiger partial charge >= 0.3 is 0 Å². The Labute approximate surface area is 227 Å². The van der Waals surface area contributed by atoms with Gasteiger partial charge < -0.3 is 14.8 Å². The first kappa shape index (κ1) is 27.3. The summed E-state index contributed by atoms with van der Waals surface area (Å²) in [4.78, 5) is 4.82. The standard InChI is InChI=1S/C30H28N2O4S2/c1-2-3-21-4-8-23(9-5-21)24-10-6-22(7-11-24)20-32-28-17-15-26(30(19-28)38(35)36)13-12-25-14-16-27(31)18-29(25)37(33)34/h4-20H,2-3,31H2,1H3,(H,33,34)(H,35,36)/b13-12+,32-20?. The van der Waals surface area contributed by atoms with Gasteiger partial charge in [0, 0.05) is 11.9 Å². The van der Waals surface area contributed by atoms with Crippen molar-refractivity contribution in [3.8, 4) is 11.1 Å². The smallest absolute Gasteiger partial charge is 0.187 e. The Balaban J connectivity index is 1.52. The molecule has 2 unspecified atom stereocenters. The van der Waals surface area contributed by atoms with Crippen molar-refractivity contribution in [1.29, 1.82) is 0 Å². The number of nitrogen functional groups attached to an aromatic ring is 1. The van der Waals surface area contributed by atoms with Gasteiger partial charge in [-0.1, -0.05) is 86.2 Å². The maximum Gasteiger partial charge on any atom is 0.187 e. The van der Waals surface area contributed by atoms with Crippen molar-refractivity contribution >= 4 is 51.9 Å². The summed E-state index contributed by atoms with van der Waals surface area (Å²) in [6.45, 7) is 2.17. The molecule has 0 amide bonds. The molecule has 0 aliphatic carbocycles. The molecule has 4 aromatic rings. The van der Waals surface area contributed by atoms with Crippen molar-refractivity contribution in [2.75, 3.05) is 5.73 Å². The quantitative estimate of drug-likeness (QED) is 0.0911. The molecule has 0 spiro atoms. The number of aryl methyl sites for hydroxylation is 1. The molecule has 0 aromatic heterocycles. The molecule has 0 heterocycles. The van der Waals surface area contributed by atoms with Gasteiger partial charge in [0.1, 0.15) is 0 Å². The predicted octanol–water partition coefficient (Wildman–Crippen LogP) is 6.97. The van der Waals surface area contributed by atoms with E-state index in [0.717, 1.165) is 29.5 Å². The summed E-state index contributed by atoms with van der Waals surface area (Å²) in [5.41, 5.74) is 12.1. The molecule has 8 heteroatoms. The summed E-state index contributed by atoms with van der Waals surface area (Å²) in [5, 5.41) is 0. The van der Waals surface area contributed by atoms with Crippen molar-refractivity contribution in [2.45, 2.75) is 29.6 Å². The predicted molar refractivity (Wildman–Crippen MR) is 157 cm³/mol. The topological polar surface area (TPSA) is 113 Å². The second-order valence-corrected chi connectivity index (χ2v) is 10.6. The molecule has 4 N–H and O–H groups in total. The van der Waals surface area contributed by atoms with E-state index in [-0.39, 0.29) is 9.79 Å².